The van der Waals surface area contributed by atoms with E-state index in [1.165, 1.54) is 6.07 Å². The number of carbonyl (C=O) groups is 1. The molecule has 2 rings (SSSR count). The van der Waals surface area contributed by atoms with Gasteiger partial charge in [0.1, 0.15) is 11.6 Å². The molecule has 1 heterocycles. The van der Waals surface area contributed by atoms with Gasteiger partial charge in [-0.2, -0.15) is 0 Å². The van der Waals surface area contributed by atoms with Crippen molar-refractivity contribution in [3.63, 3.8) is 0 Å². The Hall–Kier alpha value is -1.65. The van der Waals surface area contributed by atoms with Gasteiger partial charge >= 0.3 is 0 Å². The van der Waals surface area contributed by atoms with Crippen LogP contribution in [0.4, 0.5) is 14.5 Å². The summed E-state index contributed by atoms with van der Waals surface area (Å²) >= 11 is 0. The second kappa shape index (κ2) is 11.3. The molecule has 1 aromatic carbocycles. The third kappa shape index (κ3) is 6.78. The fourth-order valence-electron chi connectivity index (χ4n) is 2.79. The Morgan fingerprint density at radius 1 is 1.22 bits per heavy atom. The molecule has 0 bridgehead atoms. The van der Waals surface area contributed by atoms with Crippen molar-refractivity contribution in [3.05, 3.63) is 29.8 Å². The van der Waals surface area contributed by atoms with E-state index in [9.17, 15) is 13.6 Å². The first-order valence-electron chi connectivity index (χ1n) is 8.85. The first kappa shape index (κ1) is 23.4. The summed E-state index contributed by atoms with van der Waals surface area (Å²) < 4.78 is 27.3. The Labute approximate surface area is 176 Å². The molecule has 0 aliphatic carbocycles. The summed E-state index contributed by atoms with van der Waals surface area (Å²) in [6, 6.07) is 3.52. The summed E-state index contributed by atoms with van der Waals surface area (Å²) in [4.78, 5) is 21.7. The van der Waals surface area contributed by atoms with Crippen LogP contribution in [0.5, 0.6) is 0 Å². The first-order chi connectivity index (χ1) is 12.4. The first-order valence-corrected chi connectivity index (χ1v) is 8.85. The highest BCUT2D eigenvalue weighted by Gasteiger charge is 2.22. The van der Waals surface area contributed by atoms with Gasteiger partial charge in [-0.25, -0.2) is 8.78 Å². The number of halogens is 3. The normalized spacial score (nSPS) is 14.6. The smallest absolute Gasteiger partial charge is 0.223 e. The molecule has 1 amide bonds. The van der Waals surface area contributed by atoms with Crippen LogP contribution >= 0.6 is 24.0 Å². The number of aliphatic imine (C=N–C) groups is 1. The van der Waals surface area contributed by atoms with Crippen LogP contribution in [0.25, 0.3) is 0 Å². The molecule has 0 unspecified atom stereocenters. The summed E-state index contributed by atoms with van der Waals surface area (Å²) in [5, 5.41) is 3.23. The van der Waals surface area contributed by atoms with E-state index in [4.69, 9.17) is 0 Å². The zero-order chi connectivity index (χ0) is 19.1. The third-order valence-corrected chi connectivity index (χ3v) is 4.25. The average Bonchev–Trinajstić information content (AvgIpc) is 2.63. The number of rotatable bonds is 5. The molecule has 0 atom stereocenters. The topological polar surface area (TPSA) is 51.2 Å². The zero-order valence-electron chi connectivity index (χ0n) is 16.0. The Morgan fingerprint density at radius 2 is 1.89 bits per heavy atom. The van der Waals surface area contributed by atoms with Gasteiger partial charge in [-0.15, -0.1) is 24.0 Å². The van der Waals surface area contributed by atoms with Crippen molar-refractivity contribution in [1.82, 2.24) is 15.1 Å². The fourth-order valence-corrected chi connectivity index (χ4v) is 2.79. The molecule has 0 saturated carbocycles. The van der Waals surface area contributed by atoms with Gasteiger partial charge in [0, 0.05) is 59.3 Å². The van der Waals surface area contributed by atoms with Gasteiger partial charge in [0.25, 0.3) is 0 Å². The Bertz CT molecular complexity index is 649. The van der Waals surface area contributed by atoms with Crippen LogP contribution in [0.15, 0.2) is 23.2 Å². The van der Waals surface area contributed by atoms with E-state index in [1.54, 1.807) is 19.0 Å². The third-order valence-electron chi connectivity index (χ3n) is 4.25. The van der Waals surface area contributed by atoms with Gasteiger partial charge in [-0.3, -0.25) is 9.79 Å². The van der Waals surface area contributed by atoms with E-state index in [1.807, 2.05) is 11.8 Å². The molecular weight excluding hydrogens is 467 g/mol. The molecule has 1 aliphatic heterocycles. The van der Waals surface area contributed by atoms with E-state index < -0.39 is 11.6 Å². The Morgan fingerprint density at radius 3 is 2.48 bits per heavy atom. The molecule has 27 heavy (non-hydrogen) atoms. The Kier molecular flexibility index (Phi) is 9.75. The SMILES string of the molecule is CCNC(=NCCC(=O)N(C)C)N1CCN(c2cc(F)ccc2F)CC1.I. The summed E-state index contributed by atoms with van der Waals surface area (Å²) in [5.74, 6) is -0.0682. The number of hydrogen-bond acceptors (Lipinski definition) is 3. The van der Waals surface area contributed by atoms with Crippen LogP contribution < -0.4 is 10.2 Å². The lowest BCUT2D eigenvalue weighted by Gasteiger charge is -2.37. The number of amides is 1. The van der Waals surface area contributed by atoms with E-state index in [0.29, 0.717) is 44.8 Å². The Balaban J connectivity index is 0.00000364. The number of guanidine groups is 1. The monoisotopic (exact) mass is 495 g/mol. The van der Waals surface area contributed by atoms with Crippen LogP contribution in [0, 0.1) is 11.6 Å². The number of anilines is 1. The molecule has 1 fully saturated rings. The van der Waals surface area contributed by atoms with Gasteiger partial charge in [0.2, 0.25) is 5.91 Å². The summed E-state index contributed by atoms with van der Waals surface area (Å²) in [6.45, 7) is 5.55. The highest BCUT2D eigenvalue weighted by molar-refractivity contribution is 14.0. The van der Waals surface area contributed by atoms with Gasteiger partial charge in [-0.05, 0) is 19.1 Å². The fraction of sp³-hybridized carbons (Fsp3) is 0.556. The molecule has 9 heteroatoms. The van der Waals surface area contributed by atoms with Crippen LogP contribution in [0.2, 0.25) is 0 Å². The highest BCUT2D eigenvalue weighted by Crippen LogP contribution is 2.21. The molecule has 6 nitrogen and oxygen atoms in total. The second-order valence-electron chi connectivity index (χ2n) is 6.34. The van der Waals surface area contributed by atoms with Gasteiger partial charge in [0.15, 0.2) is 5.96 Å². The molecule has 1 aromatic rings. The van der Waals surface area contributed by atoms with Crippen LogP contribution in [-0.4, -0.2) is 75.0 Å². The van der Waals surface area contributed by atoms with Crippen molar-refractivity contribution in [3.8, 4) is 0 Å². The van der Waals surface area contributed by atoms with Gasteiger partial charge < -0.3 is 20.0 Å². The number of carbonyl (C=O) groups excluding carboxylic acids is 1. The minimum atomic E-state index is -0.440. The molecule has 1 aliphatic rings. The molecule has 152 valence electrons. The van der Waals surface area contributed by atoms with E-state index in [-0.39, 0.29) is 29.9 Å². The lowest BCUT2D eigenvalue weighted by molar-refractivity contribution is -0.128. The second-order valence-corrected chi connectivity index (χ2v) is 6.34. The van der Waals surface area contributed by atoms with E-state index >= 15 is 0 Å². The highest BCUT2D eigenvalue weighted by atomic mass is 127. The van der Waals surface area contributed by atoms with Crippen molar-refractivity contribution in [2.75, 3.05) is 58.3 Å². The minimum absolute atomic E-state index is 0. The number of nitrogens with zero attached hydrogens (tertiary/aromatic N) is 4. The van der Waals surface area contributed by atoms with E-state index in [2.05, 4.69) is 15.2 Å². The standard InChI is InChI=1S/C18H27F2N5O.HI/c1-4-21-18(22-8-7-17(26)23(2)3)25-11-9-24(10-12-25)16-13-14(19)5-6-15(16)20;/h5-6,13H,4,7-12H2,1-3H3,(H,21,22);1H. The lowest BCUT2D eigenvalue weighted by Crippen LogP contribution is -2.52. The zero-order valence-corrected chi connectivity index (χ0v) is 18.4. The number of benzene rings is 1. The predicted octanol–water partition coefficient (Wildman–Crippen LogP) is 2.15. The largest absolute Gasteiger partial charge is 0.366 e. The average molecular weight is 495 g/mol. The van der Waals surface area contributed by atoms with Crippen molar-refractivity contribution < 1.29 is 13.6 Å². The summed E-state index contributed by atoms with van der Waals surface area (Å²) in [6.07, 6.45) is 0.358. The summed E-state index contributed by atoms with van der Waals surface area (Å²) in [7, 11) is 3.45. The van der Waals surface area contributed by atoms with Crippen LogP contribution in [-0.2, 0) is 4.79 Å². The number of nitrogens with one attached hydrogen (secondary N) is 1. The van der Waals surface area contributed by atoms with Gasteiger partial charge in [0.05, 0.1) is 12.2 Å². The maximum absolute atomic E-state index is 13.9. The van der Waals surface area contributed by atoms with E-state index in [0.717, 1.165) is 24.6 Å². The molecule has 1 N–H and O–H groups in total. The quantitative estimate of drug-likeness (QED) is 0.387. The minimum Gasteiger partial charge on any atom is -0.366 e. The molecule has 0 radical (unpaired) electrons. The van der Waals surface area contributed by atoms with Crippen molar-refractivity contribution in [2.24, 2.45) is 4.99 Å². The lowest BCUT2D eigenvalue weighted by atomic mass is 10.2. The maximum atomic E-state index is 13.9. The van der Waals surface area contributed by atoms with Crippen LogP contribution in [0.3, 0.4) is 0 Å². The maximum Gasteiger partial charge on any atom is 0.223 e. The molecule has 1 saturated heterocycles. The number of piperazine rings is 1. The molecule has 0 spiro atoms. The van der Waals surface area contributed by atoms with Crippen molar-refractivity contribution in [1.29, 1.82) is 0 Å². The predicted molar refractivity (Wildman–Crippen MR) is 115 cm³/mol. The van der Waals surface area contributed by atoms with Crippen molar-refractivity contribution >= 4 is 41.5 Å². The number of hydrogen-bond donors (Lipinski definition) is 1. The van der Waals surface area contributed by atoms with Crippen molar-refractivity contribution in [2.45, 2.75) is 13.3 Å². The molecule has 0 aromatic heterocycles. The van der Waals surface area contributed by atoms with Gasteiger partial charge in [-0.1, -0.05) is 0 Å². The summed E-state index contributed by atoms with van der Waals surface area (Å²) in [5.41, 5.74) is 0.295. The van der Waals surface area contributed by atoms with Crippen LogP contribution in [0.1, 0.15) is 13.3 Å². The molecular formula is C18H28F2IN5O.